The molecule has 5 heterocycles. The molecule has 4 nitrogen and oxygen atoms in total. The third-order valence-corrected chi connectivity index (χ3v) is 15.2. The van der Waals surface area contributed by atoms with E-state index in [1.807, 2.05) is 0 Å². The fourth-order valence-electron chi connectivity index (χ4n) is 7.86. The van der Waals surface area contributed by atoms with Crippen LogP contribution in [0.1, 0.15) is 50.5 Å². The van der Waals surface area contributed by atoms with Gasteiger partial charge in [0.25, 0.3) is 0 Å². The molecule has 2 aliphatic rings. The second kappa shape index (κ2) is 14.7. The molecule has 0 saturated carbocycles. The fourth-order valence-corrected chi connectivity index (χ4v) is 9.84. The molecule has 0 atom stereocenters. The molecule has 0 unspecified atom stereocenters. The maximum Gasteiger partial charge on any atom is 0.0769 e. The molecular formula is C48H34Br4N4. The van der Waals surface area contributed by atoms with E-state index in [0.29, 0.717) is 0 Å². The first-order chi connectivity index (χ1) is 27.2. The van der Waals surface area contributed by atoms with Gasteiger partial charge >= 0.3 is 0 Å². The summed E-state index contributed by atoms with van der Waals surface area (Å²) in [6.45, 7) is 8.73. The molecule has 3 aromatic heterocycles. The predicted octanol–water partition coefficient (Wildman–Crippen LogP) is 15.9. The van der Waals surface area contributed by atoms with Gasteiger partial charge in [0.05, 0.1) is 62.7 Å². The first kappa shape index (κ1) is 37.0. The van der Waals surface area contributed by atoms with Crippen LogP contribution in [0.4, 0.5) is 0 Å². The van der Waals surface area contributed by atoms with Gasteiger partial charge in [0, 0.05) is 22.3 Å². The summed E-state index contributed by atoms with van der Waals surface area (Å²) in [6.07, 6.45) is 0. The van der Waals surface area contributed by atoms with E-state index in [2.05, 4.69) is 223 Å². The van der Waals surface area contributed by atoms with Crippen molar-refractivity contribution in [2.24, 2.45) is 0 Å². The highest BCUT2D eigenvalue weighted by Crippen LogP contribution is 2.50. The summed E-state index contributed by atoms with van der Waals surface area (Å²) in [5.41, 5.74) is 20.0. The van der Waals surface area contributed by atoms with Gasteiger partial charge < -0.3 is 9.97 Å². The van der Waals surface area contributed by atoms with E-state index in [9.17, 15) is 0 Å². The third kappa shape index (κ3) is 5.96. The zero-order valence-electron chi connectivity index (χ0n) is 31.0. The van der Waals surface area contributed by atoms with Gasteiger partial charge in [0.15, 0.2) is 0 Å². The summed E-state index contributed by atoms with van der Waals surface area (Å²) in [4.78, 5) is 19.2. The van der Waals surface area contributed by atoms with E-state index in [-0.39, 0.29) is 0 Å². The highest BCUT2D eigenvalue weighted by molar-refractivity contribution is 9.13. The van der Waals surface area contributed by atoms with E-state index in [1.54, 1.807) is 0 Å². The fraction of sp³-hybridized carbons (Fsp3) is 0.0833. The van der Waals surface area contributed by atoms with Crippen LogP contribution in [0, 0.1) is 0 Å². The van der Waals surface area contributed by atoms with Gasteiger partial charge in [-0.2, -0.15) is 0 Å². The minimum absolute atomic E-state index is 0.908. The van der Waals surface area contributed by atoms with E-state index >= 15 is 0 Å². The predicted molar refractivity (Wildman–Crippen MR) is 250 cm³/mol. The lowest BCUT2D eigenvalue weighted by atomic mass is 9.96. The lowest BCUT2D eigenvalue weighted by molar-refractivity contribution is 1.29. The number of halogens is 4. The lowest BCUT2D eigenvalue weighted by Crippen LogP contribution is -1.91. The molecule has 2 N–H and O–H groups in total. The van der Waals surface area contributed by atoms with Crippen LogP contribution < -0.4 is 0 Å². The molecule has 2 aliphatic heterocycles. The normalized spacial score (nSPS) is 12.9. The number of aromatic nitrogens is 4. The van der Waals surface area contributed by atoms with Crippen molar-refractivity contribution >= 4 is 108 Å². The zero-order chi connectivity index (χ0) is 38.8. The van der Waals surface area contributed by atoms with Gasteiger partial charge in [0.2, 0.25) is 0 Å². The van der Waals surface area contributed by atoms with Crippen LogP contribution in [-0.2, 0) is 0 Å². The Bertz CT molecular complexity index is 2570. The molecule has 9 rings (SSSR count). The van der Waals surface area contributed by atoms with Crippen LogP contribution in [0.2, 0.25) is 0 Å². The Morgan fingerprint density at radius 1 is 0.321 bits per heavy atom. The van der Waals surface area contributed by atoms with Gasteiger partial charge in [-0.15, -0.1) is 0 Å². The van der Waals surface area contributed by atoms with Crippen LogP contribution in [0.15, 0.2) is 139 Å². The third-order valence-electron chi connectivity index (χ3n) is 11.0. The van der Waals surface area contributed by atoms with Gasteiger partial charge in [0.1, 0.15) is 0 Å². The second-order valence-corrected chi connectivity index (χ2v) is 17.3. The molecule has 8 bridgehead atoms. The van der Waals surface area contributed by atoms with Crippen LogP contribution in [-0.4, -0.2) is 19.9 Å². The topological polar surface area (TPSA) is 57.4 Å². The van der Waals surface area contributed by atoms with Crippen molar-refractivity contribution in [1.29, 1.82) is 0 Å². The molecule has 4 aromatic carbocycles. The van der Waals surface area contributed by atoms with Gasteiger partial charge in [-0.1, -0.05) is 121 Å². The SMILES string of the molecule is CC1=C(C)c2nc1c(-c1ccccc1)c1[nH]c(c(Br)c1Br)c(-c1ccccc1)c1nc(c(-c3ccccc3)c3[nH]c(c(Br)c3Br)c2-c2ccccc2)C(C)=C1C. The molecule has 0 amide bonds. The largest absolute Gasteiger partial charge is 0.352 e. The molecule has 0 radical (unpaired) electrons. The summed E-state index contributed by atoms with van der Waals surface area (Å²) in [5.74, 6) is 0. The van der Waals surface area contributed by atoms with E-state index in [1.165, 1.54) is 0 Å². The first-order valence-corrected chi connectivity index (χ1v) is 21.5. The van der Waals surface area contributed by atoms with Gasteiger partial charge in [-0.3, -0.25) is 0 Å². The van der Waals surface area contributed by atoms with Gasteiger partial charge in [-0.25, -0.2) is 9.97 Å². The number of aromatic amines is 2. The van der Waals surface area contributed by atoms with Gasteiger partial charge in [-0.05, 0) is 136 Å². The highest BCUT2D eigenvalue weighted by atomic mass is 79.9. The minimum atomic E-state index is 0.908. The van der Waals surface area contributed by atoms with Crippen molar-refractivity contribution in [2.75, 3.05) is 0 Å². The highest BCUT2D eigenvalue weighted by Gasteiger charge is 2.29. The van der Waals surface area contributed by atoms with Crippen molar-refractivity contribution in [3.63, 3.8) is 0 Å². The monoisotopic (exact) mass is 982 g/mol. The number of nitrogens with one attached hydrogen (secondary N) is 2. The van der Waals surface area contributed by atoms with Crippen molar-refractivity contribution in [2.45, 2.75) is 27.7 Å². The Balaban J connectivity index is 1.63. The number of allylic oxidation sites excluding steroid dienone is 4. The average Bonchev–Trinajstić information content (AvgIpc) is 3.89. The van der Waals surface area contributed by atoms with E-state index in [0.717, 1.165) is 130 Å². The average molecular weight is 986 g/mol. The number of rotatable bonds is 4. The number of H-pyrrole nitrogens is 2. The Labute approximate surface area is 359 Å². The summed E-state index contributed by atoms with van der Waals surface area (Å²) in [5, 5.41) is 0. The zero-order valence-corrected chi connectivity index (χ0v) is 37.3. The van der Waals surface area contributed by atoms with Crippen molar-refractivity contribution in [1.82, 2.24) is 19.9 Å². The molecule has 274 valence electrons. The molecular weight excluding hydrogens is 952 g/mol. The quantitative estimate of drug-likeness (QED) is 0.185. The number of hydrogen-bond acceptors (Lipinski definition) is 2. The van der Waals surface area contributed by atoms with Crippen LogP contribution >= 0.6 is 63.7 Å². The number of fused-ring (bicyclic) bond motifs is 8. The molecule has 56 heavy (non-hydrogen) atoms. The first-order valence-electron chi connectivity index (χ1n) is 18.3. The maximum absolute atomic E-state index is 5.65. The maximum atomic E-state index is 5.65. The summed E-state index contributed by atoms with van der Waals surface area (Å²) in [6, 6.07) is 42.2. The van der Waals surface area contributed by atoms with Crippen LogP contribution in [0.25, 0.3) is 88.9 Å². The summed E-state index contributed by atoms with van der Waals surface area (Å²) < 4.78 is 3.65. The van der Waals surface area contributed by atoms with Crippen molar-refractivity contribution in [3.8, 4) is 44.5 Å². The second-order valence-electron chi connectivity index (χ2n) is 14.1. The Morgan fingerprint density at radius 3 is 0.714 bits per heavy atom. The standard InChI is InChI=1S/C48H34Br4N4/c1-25-26(2)42-34(30-19-11-6-12-20-30)46-39(51)40(52)48(56-46)36(32-23-15-8-16-24-32)44-28(4)27(3)43(54-44)35(31-21-13-7-14-22-31)47-38(50)37(49)45(55-47)33(41(25)53-42)29-17-9-5-10-18-29/h5-24,55-56H,1-4H3. The number of benzene rings is 4. The molecule has 0 saturated heterocycles. The smallest absolute Gasteiger partial charge is 0.0769 e. The Morgan fingerprint density at radius 2 is 0.518 bits per heavy atom. The molecule has 7 aromatic rings. The van der Waals surface area contributed by atoms with Crippen molar-refractivity contribution < 1.29 is 0 Å². The molecule has 0 fully saturated rings. The van der Waals surface area contributed by atoms with E-state index < -0.39 is 0 Å². The minimum Gasteiger partial charge on any atom is -0.352 e. The molecule has 8 heteroatoms. The van der Waals surface area contributed by atoms with Crippen molar-refractivity contribution in [3.05, 3.63) is 162 Å². The van der Waals surface area contributed by atoms with Crippen LogP contribution in [0.5, 0.6) is 0 Å². The van der Waals surface area contributed by atoms with E-state index in [4.69, 9.17) is 9.97 Å². The number of nitrogens with zero attached hydrogens (tertiary/aromatic N) is 2. The Kier molecular flexibility index (Phi) is 9.73. The summed E-state index contributed by atoms with van der Waals surface area (Å²) in [7, 11) is 0. The summed E-state index contributed by atoms with van der Waals surface area (Å²) >= 11 is 16.3. The number of hydrogen-bond donors (Lipinski definition) is 2. The molecule has 0 spiro atoms. The van der Waals surface area contributed by atoms with Crippen LogP contribution in [0.3, 0.4) is 0 Å². The molecule has 0 aliphatic carbocycles. The Hall–Kier alpha value is -4.60. The lowest BCUT2D eigenvalue weighted by Gasteiger charge is -2.08.